The van der Waals surface area contributed by atoms with E-state index in [1.165, 1.54) is 54.4 Å². The fourth-order valence-corrected chi connectivity index (χ4v) is 8.86. The van der Waals surface area contributed by atoms with Gasteiger partial charge in [0.2, 0.25) is 16.0 Å². The van der Waals surface area contributed by atoms with Gasteiger partial charge < -0.3 is 10.2 Å². The molecular formula is C26H37N5O2S. The minimum absolute atomic E-state index is 0.0685. The lowest BCUT2D eigenvalue weighted by Crippen LogP contribution is -2.56. The summed E-state index contributed by atoms with van der Waals surface area (Å²) in [4.78, 5) is 33.2. The Bertz CT molecular complexity index is 1100. The molecule has 1 atom stereocenters. The van der Waals surface area contributed by atoms with Crippen molar-refractivity contribution < 1.29 is 4.79 Å². The second-order valence-corrected chi connectivity index (χ2v) is 12.6. The fraction of sp³-hybridized carbons (Fsp3) is 0.769. The third-order valence-corrected chi connectivity index (χ3v) is 10.3. The Labute approximate surface area is 205 Å². The smallest absolute Gasteiger partial charge is 0.275 e. The number of hydrogen-bond donors (Lipinski definition) is 1. The number of nitrogens with one attached hydrogen (secondary N) is 1. The van der Waals surface area contributed by atoms with Gasteiger partial charge in [-0.15, -0.1) is 5.10 Å². The summed E-state index contributed by atoms with van der Waals surface area (Å²) < 4.78 is 1.42. The number of carbonyl (C=O) groups is 1. The predicted octanol–water partition coefficient (Wildman–Crippen LogP) is 4.04. The lowest BCUT2D eigenvalue weighted by molar-refractivity contribution is -0.130. The van der Waals surface area contributed by atoms with Crippen molar-refractivity contribution in [2.24, 2.45) is 29.1 Å². The number of fused-ring (bicyclic) bond motifs is 1. The summed E-state index contributed by atoms with van der Waals surface area (Å²) in [6.45, 7) is 5.95. The summed E-state index contributed by atoms with van der Waals surface area (Å²) in [6, 6.07) is 1.88. The molecule has 0 aromatic carbocycles. The molecule has 1 amide bonds. The summed E-state index contributed by atoms with van der Waals surface area (Å²) in [5.41, 5.74) is 1.08. The molecule has 4 aliphatic carbocycles. The van der Waals surface area contributed by atoms with Crippen LogP contribution in [0.25, 0.3) is 4.96 Å². The molecule has 34 heavy (non-hydrogen) atoms. The quantitative estimate of drug-likeness (QED) is 0.671. The van der Waals surface area contributed by atoms with Crippen molar-refractivity contribution in [1.82, 2.24) is 19.9 Å². The van der Waals surface area contributed by atoms with Gasteiger partial charge in [-0.2, -0.15) is 4.52 Å². The minimum Gasteiger partial charge on any atom is -0.353 e. The molecule has 0 spiro atoms. The van der Waals surface area contributed by atoms with E-state index in [1.54, 1.807) is 6.07 Å². The number of hydrogen-bond acceptors (Lipinski definition) is 6. The monoisotopic (exact) mass is 483 g/mol. The van der Waals surface area contributed by atoms with E-state index in [0.717, 1.165) is 67.4 Å². The first-order valence-corrected chi connectivity index (χ1v) is 14.2. The fourth-order valence-electron chi connectivity index (χ4n) is 7.88. The maximum absolute atomic E-state index is 13.2. The second kappa shape index (κ2) is 8.61. The van der Waals surface area contributed by atoms with Gasteiger partial charge >= 0.3 is 0 Å². The van der Waals surface area contributed by atoms with Crippen LogP contribution >= 0.6 is 11.3 Å². The standard InChI is InChI=1S/C26H37N5O2S/c1-3-4-21-12-22(32)31-24(28-21)34-25(29-31)30-7-5-20(6-8-30)23(33)27-16(2)26-13-17-9-18(14-26)11-19(10-17)15-26/h12,16-20H,3-11,13-15H2,1-2H3,(H,27,33). The second-order valence-electron chi connectivity index (χ2n) is 11.7. The van der Waals surface area contributed by atoms with E-state index >= 15 is 0 Å². The molecule has 0 radical (unpaired) electrons. The third kappa shape index (κ3) is 3.95. The van der Waals surface area contributed by atoms with Crippen molar-refractivity contribution in [3.8, 4) is 0 Å². The van der Waals surface area contributed by atoms with E-state index < -0.39 is 0 Å². The highest BCUT2D eigenvalue weighted by Gasteiger charge is 2.53. The minimum atomic E-state index is -0.108. The van der Waals surface area contributed by atoms with E-state index in [-0.39, 0.29) is 23.4 Å². The Morgan fingerprint density at radius 3 is 2.44 bits per heavy atom. The molecule has 1 aliphatic heterocycles. The van der Waals surface area contributed by atoms with Crippen molar-refractivity contribution in [3.05, 3.63) is 22.1 Å². The molecule has 3 heterocycles. The van der Waals surface area contributed by atoms with Crippen molar-refractivity contribution in [1.29, 1.82) is 0 Å². The molecule has 4 bridgehead atoms. The van der Waals surface area contributed by atoms with E-state index in [9.17, 15) is 9.59 Å². The largest absolute Gasteiger partial charge is 0.353 e. The van der Waals surface area contributed by atoms with Crippen LogP contribution in [0.2, 0.25) is 0 Å². The summed E-state index contributed by atoms with van der Waals surface area (Å²) in [5.74, 6) is 3.03. The maximum Gasteiger partial charge on any atom is 0.275 e. The molecule has 7 rings (SSSR count). The molecule has 5 aliphatic rings. The van der Waals surface area contributed by atoms with E-state index in [0.29, 0.717) is 10.4 Å². The van der Waals surface area contributed by atoms with E-state index in [1.807, 2.05) is 0 Å². The summed E-state index contributed by atoms with van der Waals surface area (Å²) >= 11 is 1.48. The van der Waals surface area contributed by atoms with Gasteiger partial charge in [0.25, 0.3) is 5.56 Å². The lowest BCUT2D eigenvalue weighted by Gasteiger charge is -2.59. The molecule has 1 N–H and O–H groups in total. The molecule has 184 valence electrons. The van der Waals surface area contributed by atoms with E-state index in [4.69, 9.17) is 0 Å². The van der Waals surface area contributed by atoms with Gasteiger partial charge in [-0.1, -0.05) is 24.7 Å². The van der Waals surface area contributed by atoms with Gasteiger partial charge in [0.1, 0.15) is 0 Å². The predicted molar refractivity (Wildman–Crippen MR) is 134 cm³/mol. The highest BCUT2D eigenvalue weighted by atomic mass is 32.1. The third-order valence-electron chi connectivity index (χ3n) is 9.29. The van der Waals surface area contributed by atoms with Crippen LogP contribution in [-0.2, 0) is 11.2 Å². The van der Waals surface area contributed by atoms with Crippen molar-refractivity contribution in [3.63, 3.8) is 0 Å². The van der Waals surface area contributed by atoms with Gasteiger partial charge in [0.15, 0.2) is 0 Å². The Morgan fingerprint density at radius 1 is 1.18 bits per heavy atom. The van der Waals surface area contributed by atoms with Crippen LogP contribution in [0.1, 0.15) is 77.3 Å². The average Bonchev–Trinajstić information content (AvgIpc) is 3.23. The van der Waals surface area contributed by atoms with Crippen molar-refractivity contribution in [2.75, 3.05) is 18.0 Å². The van der Waals surface area contributed by atoms with Crippen LogP contribution in [0.3, 0.4) is 0 Å². The Kier molecular flexibility index (Phi) is 5.70. The van der Waals surface area contributed by atoms with Crippen LogP contribution in [0.5, 0.6) is 0 Å². The normalized spacial score (nSPS) is 31.8. The number of amides is 1. The first-order valence-electron chi connectivity index (χ1n) is 13.4. The molecule has 4 saturated carbocycles. The van der Waals surface area contributed by atoms with Gasteiger partial charge in [-0.25, -0.2) is 4.98 Å². The number of rotatable bonds is 6. The van der Waals surface area contributed by atoms with Crippen LogP contribution in [-0.4, -0.2) is 39.6 Å². The zero-order valence-electron chi connectivity index (χ0n) is 20.5. The Hall–Kier alpha value is -1.96. The molecular weight excluding hydrogens is 446 g/mol. The lowest BCUT2D eigenvalue weighted by atomic mass is 9.48. The van der Waals surface area contributed by atoms with Gasteiger partial charge in [0, 0.05) is 36.8 Å². The number of aryl methyl sites for hydroxylation is 1. The molecule has 7 nitrogen and oxygen atoms in total. The Morgan fingerprint density at radius 2 is 1.82 bits per heavy atom. The van der Waals surface area contributed by atoms with Crippen LogP contribution in [0.4, 0.5) is 5.13 Å². The Balaban J connectivity index is 1.08. The first-order chi connectivity index (χ1) is 16.4. The number of piperidine rings is 1. The van der Waals surface area contributed by atoms with Gasteiger partial charge in [-0.3, -0.25) is 9.59 Å². The average molecular weight is 484 g/mol. The first kappa shape index (κ1) is 22.5. The van der Waals surface area contributed by atoms with Crippen LogP contribution < -0.4 is 15.8 Å². The summed E-state index contributed by atoms with van der Waals surface area (Å²) in [6.07, 6.45) is 11.7. The van der Waals surface area contributed by atoms with Gasteiger partial charge in [0.05, 0.1) is 0 Å². The summed E-state index contributed by atoms with van der Waals surface area (Å²) in [7, 11) is 0. The molecule has 5 fully saturated rings. The SMILES string of the molecule is CCCc1cc(=O)n2nc(N3CCC(C(=O)NC(C)C45CC6CC(CC(C6)C4)C5)CC3)sc2n1. The molecule has 2 aromatic heterocycles. The highest BCUT2D eigenvalue weighted by molar-refractivity contribution is 7.20. The molecule has 1 unspecified atom stereocenters. The molecule has 8 heteroatoms. The molecule has 2 aromatic rings. The van der Waals surface area contributed by atoms with Crippen LogP contribution in [0.15, 0.2) is 10.9 Å². The topological polar surface area (TPSA) is 79.6 Å². The number of aromatic nitrogens is 3. The van der Waals surface area contributed by atoms with Crippen molar-refractivity contribution >= 4 is 27.3 Å². The van der Waals surface area contributed by atoms with Gasteiger partial charge in [-0.05, 0) is 87.9 Å². The molecule has 1 saturated heterocycles. The maximum atomic E-state index is 13.2. The number of carbonyl (C=O) groups excluding carboxylic acids is 1. The summed E-state index contributed by atoms with van der Waals surface area (Å²) in [5, 5.41) is 8.86. The number of nitrogens with zero attached hydrogens (tertiary/aromatic N) is 4. The van der Waals surface area contributed by atoms with Crippen molar-refractivity contribution in [2.45, 2.75) is 84.1 Å². The number of anilines is 1. The zero-order valence-corrected chi connectivity index (χ0v) is 21.3. The zero-order chi connectivity index (χ0) is 23.4. The van der Waals surface area contributed by atoms with E-state index in [2.05, 4.69) is 34.1 Å². The highest BCUT2D eigenvalue weighted by Crippen LogP contribution is 2.61. The van der Waals surface area contributed by atoms with Crippen LogP contribution in [0, 0.1) is 29.1 Å².